The molecule has 0 unspecified atom stereocenters. The number of nitriles is 1. The average Bonchev–Trinajstić information content (AvgIpc) is 2.60. The maximum atomic E-state index is 12.3. The van der Waals surface area contributed by atoms with Gasteiger partial charge in [0.25, 0.3) is 0 Å². The molecule has 0 radical (unpaired) electrons. The van der Waals surface area contributed by atoms with Crippen LogP contribution in [0.1, 0.15) is 28.4 Å². The van der Waals surface area contributed by atoms with Gasteiger partial charge in [0.1, 0.15) is 11.6 Å². The van der Waals surface area contributed by atoms with Crippen LogP contribution in [0.4, 0.5) is 0 Å². The van der Waals surface area contributed by atoms with Crippen LogP contribution in [-0.4, -0.2) is 18.4 Å². The summed E-state index contributed by atoms with van der Waals surface area (Å²) in [5.41, 5.74) is 1.73. The van der Waals surface area contributed by atoms with Crippen molar-refractivity contribution in [3.05, 3.63) is 76.9 Å². The van der Waals surface area contributed by atoms with Gasteiger partial charge in [-0.15, -0.1) is 0 Å². The molecule has 0 bridgehead atoms. The van der Waals surface area contributed by atoms with E-state index in [9.17, 15) is 9.59 Å². The Hall–Kier alpha value is -3.19. The van der Waals surface area contributed by atoms with Crippen LogP contribution in [0.15, 0.2) is 60.2 Å². The second-order valence-electron chi connectivity index (χ2n) is 4.71. The zero-order valence-electron chi connectivity index (χ0n) is 12.7. The number of hydrogen-bond acceptors (Lipinski definition) is 4. The Labute approximate surface area is 134 Å². The summed E-state index contributed by atoms with van der Waals surface area (Å²) in [6.07, 6.45) is 1.44. The van der Waals surface area contributed by atoms with Crippen molar-refractivity contribution in [2.75, 3.05) is 6.61 Å². The lowest BCUT2D eigenvalue weighted by Gasteiger charge is -2.03. The molecule has 0 saturated heterocycles. The molecule has 0 saturated carbocycles. The summed E-state index contributed by atoms with van der Waals surface area (Å²) < 4.78 is 4.80. The van der Waals surface area contributed by atoms with Crippen LogP contribution in [0.5, 0.6) is 0 Å². The fourth-order valence-corrected chi connectivity index (χ4v) is 2.00. The molecule has 4 heteroatoms. The highest BCUT2D eigenvalue weighted by atomic mass is 16.5. The van der Waals surface area contributed by atoms with E-state index in [1.807, 2.05) is 24.3 Å². The van der Waals surface area contributed by atoms with Crippen molar-refractivity contribution in [3.8, 4) is 6.07 Å². The van der Waals surface area contributed by atoms with E-state index < -0.39 is 5.97 Å². The smallest absolute Gasteiger partial charge is 0.348 e. The first-order valence-electron chi connectivity index (χ1n) is 7.14. The van der Waals surface area contributed by atoms with Crippen LogP contribution in [0.25, 0.3) is 6.08 Å². The van der Waals surface area contributed by atoms with Crippen molar-refractivity contribution in [1.82, 2.24) is 0 Å². The first kappa shape index (κ1) is 16.2. The van der Waals surface area contributed by atoms with Crippen molar-refractivity contribution < 1.29 is 14.3 Å². The number of ether oxygens (including phenoxy) is 1. The summed E-state index contributed by atoms with van der Waals surface area (Å²) in [7, 11) is 0. The summed E-state index contributed by atoms with van der Waals surface area (Å²) >= 11 is 0. The van der Waals surface area contributed by atoms with Gasteiger partial charge in [-0.05, 0) is 18.6 Å². The lowest BCUT2D eigenvalue weighted by molar-refractivity contribution is -0.137. The molecule has 0 aliphatic rings. The van der Waals surface area contributed by atoms with E-state index in [4.69, 9.17) is 10.00 Å². The first-order valence-corrected chi connectivity index (χ1v) is 7.14. The Morgan fingerprint density at radius 3 is 2.22 bits per heavy atom. The molecule has 0 aromatic heterocycles. The molecule has 114 valence electrons. The Kier molecular flexibility index (Phi) is 5.43. The van der Waals surface area contributed by atoms with Gasteiger partial charge >= 0.3 is 5.97 Å². The molecule has 0 N–H and O–H groups in total. The SMILES string of the molecule is CCOC(=O)C(C#N)=Cc1ccc(C(=O)c2ccccc2)cc1. The zero-order chi connectivity index (χ0) is 16.7. The predicted octanol–water partition coefficient (Wildman–Crippen LogP) is 3.39. The number of benzene rings is 2. The standard InChI is InChI=1S/C19H15NO3/c1-2-23-19(22)17(13-20)12-14-8-10-16(11-9-14)18(21)15-6-4-3-5-7-15/h3-12H,2H2,1H3. The summed E-state index contributed by atoms with van der Waals surface area (Å²) in [5.74, 6) is -0.730. The van der Waals surface area contributed by atoms with Gasteiger partial charge in [0, 0.05) is 11.1 Å². The van der Waals surface area contributed by atoms with E-state index in [0.717, 1.165) is 0 Å². The Balaban J connectivity index is 2.21. The van der Waals surface area contributed by atoms with Crippen LogP contribution < -0.4 is 0 Å². The highest BCUT2D eigenvalue weighted by Crippen LogP contribution is 2.13. The van der Waals surface area contributed by atoms with Crippen molar-refractivity contribution >= 4 is 17.8 Å². The summed E-state index contributed by atoms with van der Waals surface area (Å²) in [6.45, 7) is 1.89. The molecule has 0 aliphatic carbocycles. The molecule has 23 heavy (non-hydrogen) atoms. The van der Waals surface area contributed by atoms with Crippen LogP contribution in [0, 0.1) is 11.3 Å². The lowest BCUT2D eigenvalue weighted by atomic mass is 10.0. The second kappa shape index (κ2) is 7.71. The van der Waals surface area contributed by atoms with E-state index in [-0.39, 0.29) is 18.0 Å². The molecule has 4 nitrogen and oxygen atoms in total. The predicted molar refractivity (Wildman–Crippen MR) is 86.5 cm³/mol. The highest BCUT2D eigenvalue weighted by Gasteiger charge is 2.11. The highest BCUT2D eigenvalue weighted by molar-refractivity contribution is 6.09. The van der Waals surface area contributed by atoms with Gasteiger partial charge in [-0.1, -0.05) is 54.6 Å². The number of esters is 1. The number of carbonyl (C=O) groups is 2. The lowest BCUT2D eigenvalue weighted by Crippen LogP contribution is -2.06. The van der Waals surface area contributed by atoms with E-state index in [2.05, 4.69) is 0 Å². The Morgan fingerprint density at radius 2 is 1.65 bits per heavy atom. The first-order chi connectivity index (χ1) is 11.2. The van der Waals surface area contributed by atoms with Crippen LogP contribution >= 0.6 is 0 Å². The monoisotopic (exact) mass is 305 g/mol. The molecule has 0 amide bonds. The molecule has 2 aromatic carbocycles. The topological polar surface area (TPSA) is 67.2 Å². The van der Waals surface area contributed by atoms with Gasteiger partial charge in [-0.2, -0.15) is 5.26 Å². The van der Waals surface area contributed by atoms with Crippen molar-refractivity contribution in [2.45, 2.75) is 6.92 Å². The third kappa shape index (κ3) is 4.14. The maximum absolute atomic E-state index is 12.3. The number of ketones is 1. The second-order valence-corrected chi connectivity index (χ2v) is 4.71. The maximum Gasteiger partial charge on any atom is 0.348 e. The van der Waals surface area contributed by atoms with E-state index in [1.54, 1.807) is 43.3 Å². The van der Waals surface area contributed by atoms with Gasteiger partial charge in [-0.3, -0.25) is 4.79 Å². The number of rotatable bonds is 5. The molecule has 0 atom stereocenters. The fraction of sp³-hybridized carbons (Fsp3) is 0.105. The van der Waals surface area contributed by atoms with Crippen LogP contribution in [0.3, 0.4) is 0 Å². The fourth-order valence-electron chi connectivity index (χ4n) is 2.00. The third-order valence-corrected chi connectivity index (χ3v) is 3.14. The van der Waals surface area contributed by atoms with Gasteiger partial charge in [0.15, 0.2) is 5.78 Å². The normalized spacial score (nSPS) is 10.7. The zero-order valence-corrected chi connectivity index (χ0v) is 12.7. The number of nitrogens with zero attached hydrogens (tertiary/aromatic N) is 1. The van der Waals surface area contributed by atoms with E-state index in [0.29, 0.717) is 16.7 Å². The minimum absolute atomic E-state index is 0.0750. The largest absolute Gasteiger partial charge is 0.462 e. The molecule has 0 aliphatic heterocycles. The summed E-state index contributed by atoms with van der Waals surface area (Å²) in [5, 5.41) is 9.00. The van der Waals surface area contributed by atoms with Crippen molar-refractivity contribution in [3.63, 3.8) is 0 Å². The molecule has 0 spiro atoms. The van der Waals surface area contributed by atoms with Gasteiger partial charge in [0.2, 0.25) is 0 Å². The van der Waals surface area contributed by atoms with Gasteiger partial charge in [0.05, 0.1) is 6.61 Å². The average molecular weight is 305 g/mol. The molecular weight excluding hydrogens is 290 g/mol. The van der Waals surface area contributed by atoms with E-state index >= 15 is 0 Å². The van der Waals surface area contributed by atoms with Gasteiger partial charge < -0.3 is 4.74 Å². The Morgan fingerprint density at radius 1 is 1.04 bits per heavy atom. The molecule has 0 fully saturated rings. The third-order valence-electron chi connectivity index (χ3n) is 3.14. The quantitative estimate of drug-likeness (QED) is 0.367. The number of carbonyl (C=O) groups excluding carboxylic acids is 2. The number of hydrogen-bond donors (Lipinski definition) is 0. The summed E-state index contributed by atoms with van der Waals surface area (Å²) in [4.78, 5) is 23.9. The molecule has 2 rings (SSSR count). The Bertz CT molecular complexity index is 769. The summed E-state index contributed by atoms with van der Waals surface area (Å²) in [6, 6.07) is 17.5. The minimum Gasteiger partial charge on any atom is -0.462 e. The van der Waals surface area contributed by atoms with Gasteiger partial charge in [-0.25, -0.2) is 4.79 Å². The van der Waals surface area contributed by atoms with Crippen LogP contribution in [-0.2, 0) is 9.53 Å². The molecule has 0 heterocycles. The van der Waals surface area contributed by atoms with E-state index in [1.165, 1.54) is 6.08 Å². The minimum atomic E-state index is -0.653. The molecule has 2 aromatic rings. The molecular formula is C19H15NO3. The van der Waals surface area contributed by atoms with Crippen LogP contribution in [0.2, 0.25) is 0 Å². The van der Waals surface area contributed by atoms with Crippen molar-refractivity contribution in [1.29, 1.82) is 5.26 Å². The van der Waals surface area contributed by atoms with Crippen molar-refractivity contribution in [2.24, 2.45) is 0 Å².